The number of hydrogen-bond acceptors (Lipinski definition) is 4. The lowest BCUT2D eigenvalue weighted by Gasteiger charge is -2.22. The third-order valence-electron chi connectivity index (χ3n) is 3.87. The van der Waals surface area contributed by atoms with Crippen LogP contribution < -0.4 is 10.1 Å². The summed E-state index contributed by atoms with van der Waals surface area (Å²) in [5.41, 5.74) is 1.29. The number of esters is 1. The SMILES string of the molecule is COC(=O)c1ccc(C)cc1OCC(=O)NC1CCCCC1. The van der Waals surface area contributed by atoms with E-state index in [1.807, 2.05) is 6.92 Å². The van der Waals surface area contributed by atoms with Crippen LogP contribution in [0.15, 0.2) is 18.2 Å². The summed E-state index contributed by atoms with van der Waals surface area (Å²) in [6, 6.07) is 5.44. The van der Waals surface area contributed by atoms with Gasteiger partial charge in [-0.2, -0.15) is 0 Å². The second-order valence-electron chi connectivity index (χ2n) is 5.68. The van der Waals surface area contributed by atoms with Gasteiger partial charge in [-0.3, -0.25) is 4.79 Å². The Labute approximate surface area is 131 Å². The predicted molar refractivity (Wildman–Crippen MR) is 83.0 cm³/mol. The van der Waals surface area contributed by atoms with Gasteiger partial charge in [-0.15, -0.1) is 0 Å². The van der Waals surface area contributed by atoms with Crippen molar-refractivity contribution in [3.63, 3.8) is 0 Å². The Morgan fingerprint density at radius 2 is 1.95 bits per heavy atom. The van der Waals surface area contributed by atoms with Crippen LogP contribution in [0, 0.1) is 6.92 Å². The number of carbonyl (C=O) groups excluding carboxylic acids is 2. The van der Waals surface area contributed by atoms with E-state index in [1.165, 1.54) is 13.5 Å². The zero-order chi connectivity index (χ0) is 15.9. The van der Waals surface area contributed by atoms with Crippen molar-refractivity contribution in [1.82, 2.24) is 5.32 Å². The van der Waals surface area contributed by atoms with Crippen molar-refractivity contribution >= 4 is 11.9 Å². The van der Waals surface area contributed by atoms with Gasteiger partial charge >= 0.3 is 5.97 Å². The quantitative estimate of drug-likeness (QED) is 0.849. The van der Waals surface area contributed by atoms with Crippen LogP contribution in [-0.2, 0) is 9.53 Å². The van der Waals surface area contributed by atoms with Crippen LogP contribution in [0.3, 0.4) is 0 Å². The number of methoxy groups -OCH3 is 1. The number of hydrogen-bond donors (Lipinski definition) is 1. The molecule has 5 heteroatoms. The summed E-state index contributed by atoms with van der Waals surface area (Å²) in [7, 11) is 1.32. The van der Waals surface area contributed by atoms with Crippen LogP contribution >= 0.6 is 0 Å². The average Bonchev–Trinajstić information content (AvgIpc) is 2.53. The molecule has 2 rings (SSSR count). The summed E-state index contributed by atoms with van der Waals surface area (Å²) in [5, 5.41) is 2.99. The number of aryl methyl sites for hydroxylation is 1. The Bertz CT molecular complexity index is 535. The Balaban J connectivity index is 1.93. The molecule has 1 aliphatic carbocycles. The molecule has 1 fully saturated rings. The summed E-state index contributed by atoms with van der Waals surface area (Å²) in [6.07, 6.45) is 5.63. The van der Waals surface area contributed by atoms with Gasteiger partial charge in [0.1, 0.15) is 11.3 Å². The molecule has 5 nitrogen and oxygen atoms in total. The first-order chi connectivity index (χ1) is 10.6. The van der Waals surface area contributed by atoms with Crippen molar-refractivity contribution in [3.8, 4) is 5.75 Å². The van der Waals surface area contributed by atoms with Crippen molar-refractivity contribution in [2.24, 2.45) is 0 Å². The first kappa shape index (κ1) is 16.3. The van der Waals surface area contributed by atoms with Crippen LogP contribution in [0.2, 0.25) is 0 Å². The van der Waals surface area contributed by atoms with Gasteiger partial charge in [-0.1, -0.05) is 25.3 Å². The van der Waals surface area contributed by atoms with E-state index in [0.717, 1.165) is 31.2 Å². The molecule has 120 valence electrons. The maximum atomic E-state index is 12.0. The fourth-order valence-electron chi connectivity index (χ4n) is 2.69. The number of nitrogens with one attached hydrogen (secondary N) is 1. The minimum Gasteiger partial charge on any atom is -0.483 e. The Morgan fingerprint density at radius 3 is 2.64 bits per heavy atom. The Hall–Kier alpha value is -2.04. The van der Waals surface area contributed by atoms with E-state index in [9.17, 15) is 9.59 Å². The van der Waals surface area contributed by atoms with Crippen molar-refractivity contribution in [3.05, 3.63) is 29.3 Å². The van der Waals surface area contributed by atoms with Gasteiger partial charge in [0.25, 0.3) is 5.91 Å². The van der Waals surface area contributed by atoms with E-state index in [-0.39, 0.29) is 18.6 Å². The van der Waals surface area contributed by atoms with Crippen LogP contribution in [0.4, 0.5) is 0 Å². The second-order valence-corrected chi connectivity index (χ2v) is 5.68. The maximum absolute atomic E-state index is 12.0. The van der Waals surface area contributed by atoms with Crippen LogP contribution in [-0.4, -0.2) is 31.6 Å². The third kappa shape index (κ3) is 4.48. The monoisotopic (exact) mass is 305 g/mol. The fraction of sp³-hybridized carbons (Fsp3) is 0.529. The van der Waals surface area contributed by atoms with Crippen molar-refractivity contribution in [2.45, 2.75) is 45.1 Å². The number of rotatable bonds is 5. The minimum atomic E-state index is -0.470. The lowest BCUT2D eigenvalue weighted by atomic mass is 9.95. The molecule has 0 unspecified atom stereocenters. The normalized spacial score (nSPS) is 15.2. The number of benzene rings is 1. The molecule has 0 saturated heterocycles. The largest absolute Gasteiger partial charge is 0.483 e. The number of amides is 1. The molecule has 1 N–H and O–H groups in total. The van der Waals surface area contributed by atoms with Gasteiger partial charge in [-0.25, -0.2) is 4.79 Å². The van der Waals surface area contributed by atoms with Gasteiger partial charge in [-0.05, 0) is 37.5 Å². The van der Waals surface area contributed by atoms with E-state index in [0.29, 0.717) is 11.3 Å². The molecular formula is C17H23NO4. The molecule has 0 aliphatic heterocycles. The fourth-order valence-corrected chi connectivity index (χ4v) is 2.69. The summed E-state index contributed by atoms with van der Waals surface area (Å²) < 4.78 is 10.3. The van der Waals surface area contributed by atoms with Gasteiger partial charge in [0.05, 0.1) is 7.11 Å². The molecule has 0 bridgehead atoms. The second kappa shape index (κ2) is 7.82. The van der Waals surface area contributed by atoms with Gasteiger partial charge in [0, 0.05) is 6.04 Å². The summed E-state index contributed by atoms with van der Waals surface area (Å²) >= 11 is 0. The van der Waals surface area contributed by atoms with Crippen molar-refractivity contribution < 1.29 is 19.1 Å². The summed E-state index contributed by atoms with van der Waals surface area (Å²) in [5.74, 6) is -0.238. The molecule has 0 aromatic heterocycles. The molecular weight excluding hydrogens is 282 g/mol. The number of carbonyl (C=O) groups is 2. The van der Waals surface area contributed by atoms with Crippen LogP contribution in [0.25, 0.3) is 0 Å². The molecule has 1 saturated carbocycles. The van der Waals surface area contributed by atoms with Crippen LogP contribution in [0.1, 0.15) is 48.0 Å². The van der Waals surface area contributed by atoms with Crippen molar-refractivity contribution in [2.75, 3.05) is 13.7 Å². The topological polar surface area (TPSA) is 64.6 Å². The maximum Gasteiger partial charge on any atom is 0.341 e. The predicted octanol–water partition coefficient (Wildman–Crippen LogP) is 2.61. The molecule has 0 radical (unpaired) electrons. The lowest BCUT2D eigenvalue weighted by Crippen LogP contribution is -2.39. The molecule has 1 aromatic carbocycles. The molecule has 0 spiro atoms. The van der Waals surface area contributed by atoms with E-state index < -0.39 is 5.97 Å². The first-order valence-corrected chi connectivity index (χ1v) is 7.71. The van der Waals surface area contributed by atoms with E-state index in [2.05, 4.69) is 5.32 Å². The molecule has 0 heterocycles. The van der Waals surface area contributed by atoms with Crippen molar-refractivity contribution in [1.29, 1.82) is 0 Å². The molecule has 1 amide bonds. The zero-order valence-electron chi connectivity index (χ0n) is 13.2. The number of ether oxygens (including phenoxy) is 2. The Morgan fingerprint density at radius 1 is 1.23 bits per heavy atom. The van der Waals surface area contributed by atoms with Gasteiger partial charge in [0.2, 0.25) is 0 Å². The van der Waals surface area contributed by atoms with E-state index >= 15 is 0 Å². The molecule has 1 aromatic rings. The van der Waals surface area contributed by atoms with Gasteiger partial charge in [0.15, 0.2) is 6.61 Å². The van der Waals surface area contributed by atoms with Crippen LogP contribution in [0.5, 0.6) is 5.75 Å². The molecule has 1 aliphatic rings. The highest BCUT2D eigenvalue weighted by atomic mass is 16.5. The highest BCUT2D eigenvalue weighted by Crippen LogP contribution is 2.21. The highest BCUT2D eigenvalue weighted by molar-refractivity contribution is 5.92. The zero-order valence-corrected chi connectivity index (χ0v) is 13.2. The third-order valence-corrected chi connectivity index (χ3v) is 3.87. The molecule has 22 heavy (non-hydrogen) atoms. The smallest absolute Gasteiger partial charge is 0.341 e. The first-order valence-electron chi connectivity index (χ1n) is 7.71. The minimum absolute atomic E-state index is 0.0933. The summed E-state index contributed by atoms with van der Waals surface area (Å²) in [6.45, 7) is 1.81. The standard InChI is InChI=1S/C17H23NO4/c1-12-8-9-14(17(20)21-2)15(10-12)22-11-16(19)18-13-6-4-3-5-7-13/h8-10,13H,3-7,11H2,1-2H3,(H,18,19). The molecule has 0 atom stereocenters. The van der Waals surface area contributed by atoms with Gasteiger partial charge < -0.3 is 14.8 Å². The van der Waals surface area contributed by atoms with E-state index in [4.69, 9.17) is 9.47 Å². The lowest BCUT2D eigenvalue weighted by molar-refractivity contribution is -0.124. The highest BCUT2D eigenvalue weighted by Gasteiger charge is 2.17. The average molecular weight is 305 g/mol. The van der Waals surface area contributed by atoms with E-state index in [1.54, 1.807) is 18.2 Å². The summed E-state index contributed by atoms with van der Waals surface area (Å²) in [4.78, 5) is 23.7. The Kier molecular flexibility index (Phi) is 5.81.